The van der Waals surface area contributed by atoms with E-state index in [9.17, 15) is 14.4 Å². The van der Waals surface area contributed by atoms with E-state index < -0.39 is 5.97 Å². The zero-order valence-corrected chi connectivity index (χ0v) is 15.7. The second-order valence-corrected chi connectivity index (χ2v) is 6.88. The van der Waals surface area contributed by atoms with E-state index in [-0.39, 0.29) is 24.7 Å². The van der Waals surface area contributed by atoms with Gasteiger partial charge in [0, 0.05) is 24.2 Å². The van der Waals surface area contributed by atoms with E-state index in [0.29, 0.717) is 24.2 Å². The van der Waals surface area contributed by atoms with Crippen LogP contribution in [0.4, 0.5) is 5.69 Å². The molecule has 0 atom stereocenters. The van der Waals surface area contributed by atoms with Crippen LogP contribution in [0.25, 0.3) is 0 Å². The van der Waals surface area contributed by atoms with Gasteiger partial charge >= 0.3 is 5.97 Å². The molecule has 1 heterocycles. The van der Waals surface area contributed by atoms with Gasteiger partial charge in [-0.1, -0.05) is 30.3 Å². The molecule has 3 rings (SSSR count). The average molecular weight is 365 g/mol. The number of aryl methyl sites for hydroxylation is 2. The first-order valence-electron chi connectivity index (χ1n) is 9.09. The van der Waals surface area contributed by atoms with Crippen molar-refractivity contribution in [3.63, 3.8) is 0 Å². The molecule has 1 saturated heterocycles. The lowest BCUT2D eigenvalue weighted by atomic mass is 10.0. The number of hydrogen-bond acceptors (Lipinski definition) is 4. The number of nitrogens with zero attached hydrogens (tertiary/aromatic N) is 1. The summed E-state index contributed by atoms with van der Waals surface area (Å²) in [6, 6.07) is 12.7. The van der Waals surface area contributed by atoms with Crippen molar-refractivity contribution in [3.05, 3.63) is 64.7 Å². The lowest BCUT2D eigenvalue weighted by molar-refractivity contribution is -0.141. The number of carbonyl (C=O) groups is 3. The summed E-state index contributed by atoms with van der Waals surface area (Å²) >= 11 is 0. The summed E-state index contributed by atoms with van der Waals surface area (Å²) in [5, 5.41) is 0. The number of hydrogen-bond donors (Lipinski definition) is 0. The van der Waals surface area contributed by atoms with Gasteiger partial charge in [-0.25, -0.2) is 0 Å². The monoisotopic (exact) mass is 365 g/mol. The molecule has 0 saturated carbocycles. The normalized spacial score (nSPS) is 13.7. The van der Waals surface area contributed by atoms with E-state index in [4.69, 9.17) is 4.74 Å². The Morgan fingerprint density at radius 1 is 1.07 bits per heavy atom. The molecule has 0 bridgehead atoms. The molecule has 1 fully saturated rings. The van der Waals surface area contributed by atoms with Crippen molar-refractivity contribution in [2.24, 2.45) is 0 Å². The molecule has 0 unspecified atom stereocenters. The van der Waals surface area contributed by atoms with Gasteiger partial charge in [0.1, 0.15) is 0 Å². The minimum Gasteiger partial charge on any atom is -0.457 e. The highest BCUT2D eigenvalue weighted by molar-refractivity contribution is 6.01. The van der Waals surface area contributed by atoms with E-state index >= 15 is 0 Å². The Kier molecular flexibility index (Phi) is 5.69. The quantitative estimate of drug-likeness (QED) is 0.581. The average Bonchev–Trinajstić information content (AvgIpc) is 3.09. The highest BCUT2D eigenvalue weighted by Gasteiger charge is 2.22. The first-order valence-corrected chi connectivity index (χ1v) is 9.09. The van der Waals surface area contributed by atoms with Crippen LogP contribution in [0.15, 0.2) is 42.5 Å². The molecule has 2 aromatic rings. The van der Waals surface area contributed by atoms with Crippen LogP contribution < -0.4 is 4.90 Å². The van der Waals surface area contributed by atoms with Crippen molar-refractivity contribution in [2.75, 3.05) is 18.1 Å². The predicted molar refractivity (Wildman–Crippen MR) is 103 cm³/mol. The molecule has 5 heteroatoms. The number of Topliss-reactive ketones (excluding diaryl/α,β-unsaturated/α-hetero) is 1. The van der Waals surface area contributed by atoms with E-state index in [1.165, 1.54) is 5.56 Å². The van der Waals surface area contributed by atoms with Gasteiger partial charge in [-0.15, -0.1) is 0 Å². The number of ketones is 1. The second-order valence-electron chi connectivity index (χ2n) is 6.88. The van der Waals surface area contributed by atoms with Crippen LogP contribution in [-0.2, 0) is 20.7 Å². The zero-order valence-electron chi connectivity index (χ0n) is 15.7. The Bertz CT molecular complexity index is 888. The number of benzene rings is 2. The molecular formula is C22H23NO4. The van der Waals surface area contributed by atoms with Crippen LogP contribution >= 0.6 is 0 Å². The van der Waals surface area contributed by atoms with Gasteiger partial charge in [-0.05, 0) is 49.1 Å². The highest BCUT2D eigenvalue weighted by atomic mass is 16.5. The van der Waals surface area contributed by atoms with Crippen LogP contribution in [0, 0.1) is 13.8 Å². The predicted octanol–water partition coefficient (Wildman–Crippen LogP) is 3.40. The summed E-state index contributed by atoms with van der Waals surface area (Å²) in [7, 11) is 0. The smallest absolute Gasteiger partial charge is 0.310 e. The number of carbonyl (C=O) groups excluding carboxylic acids is 3. The van der Waals surface area contributed by atoms with Crippen molar-refractivity contribution in [2.45, 2.75) is 33.1 Å². The topological polar surface area (TPSA) is 63.7 Å². The molecule has 140 valence electrons. The molecule has 1 amide bonds. The molecule has 0 aromatic heterocycles. The molecule has 0 N–H and O–H groups in total. The Morgan fingerprint density at radius 2 is 1.89 bits per heavy atom. The Labute approximate surface area is 158 Å². The van der Waals surface area contributed by atoms with Crippen molar-refractivity contribution in [1.29, 1.82) is 0 Å². The zero-order chi connectivity index (χ0) is 19.4. The highest BCUT2D eigenvalue weighted by Crippen LogP contribution is 2.22. The van der Waals surface area contributed by atoms with E-state index in [1.807, 2.05) is 38.1 Å². The summed E-state index contributed by atoms with van der Waals surface area (Å²) in [6.07, 6.45) is 1.50. The molecule has 2 aromatic carbocycles. The molecule has 27 heavy (non-hydrogen) atoms. The fourth-order valence-electron chi connectivity index (χ4n) is 3.13. The summed E-state index contributed by atoms with van der Waals surface area (Å²) in [5.74, 6) is -0.645. The Hall–Kier alpha value is -2.95. The molecule has 0 radical (unpaired) electrons. The third-order valence-electron chi connectivity index (χ3n) is 4.84. The number of esters is 1. The van der Waals surface area contributed by atoms with Gasteiger partial charge in [0.15, 0.2) is 12.4 Å². The first-order chi connectivity index (χ1) is 12.9. The Balaban J connectivity index is 1.58. The van der Waals surface area contributed by atoms with Crippen molar-refractivity contribution in [1.82, 2.24) is 0 Å². The van der Waals surface area contributed by atoms with Gasteiger partial charge < -0.3 is 9.64 Å². The fraction of sp³-hybridized carbons (Fsp3) is 0.318. The lowest BCUT2D eigenvalue weighted by Gasteiger charge is -2.16. The molecular weight excluding hydrogens is 342 g/mol. The maximum Gasteiger partial charge on any atom is 0.310 e. The second kappa shape index (κ2) is 8.16. The lowest BCUT2D eigenvalue weighted by Crippen LogP contribution is -2.24. The maximum atomic E-state index is 12.4. The van der Waals surface area contributed by atoms with Gasteiger partial charge in [-0.2, -0.15) is 0 Å². The van der Waals surface area contributed by atoms with Crippen LogP contribution in [0.2, 0.25) is 0 Å². The van der Waals surface area contributed by atoms with Crippen LogP contribution in [0.3, 0.4) is 0 Å². The van der Waals surface area contributed by atoms with Gasteiger partial charge in [0.25, 0.3) is 0 Å². The van der Waals surface area contributed by atoms with Gasteiger partial charge in [0.05, 0.1) is 6.42 Å². The fourth-order valence-corrected chi connectivity index (χ4v) is 3.13. The molecule has 5 nitrogen and oxygen atoms in total. The summed E-state index contributed by atoms with van der Waals surface area (Å²) in [6.45, 7) is 4.37. The Morgan fingerprint density at radius 3 is 2.59 bits per heavy atom. The molecule has 1 aliphatic rings. The van der Waals surface area contributed by atoms with Gasteiger partial charge in [-0.3, -0.25) is 14.4 Å². The van der Waals surface area contributed by atoms with E-state index in [1.54, 1.807) is 23.1 Å². The minimum absolute atomic E-state index is 0.0689. The van der Waals surface area contributed by atoms with E-state index in [2.05, 4.69) is 0 Å². The third-order valence-corrected chi connectivity index (χ3v) is 4.84. The third kappa shape index (κ3) is 4.61. The minimum atomic E-state index is -0.433. The summed E-state index contributed by atoms with van der Waals surface area (Å²) in [5.41, 5.74) is 4.30. The van der Waals surface area contributed by atoms with Crippen molar-refractivity contribution in [3.8, 4) is 0 Å². The maximum absolute atomic E-state index is 12.4. The largest absolute Gasteiger partial charge is 0.457 e. The van der Waals surface area contributed by atoms with Gasteiger partial charge in [0.2, 0.25) is 5.91 Å². The SMILES string of the molecule is Cc1ccc(CC(=O)OCC(=O)c2cccc(N3CCCC3=O)c2)cc1C. The van der Waals surface area contributed by atoms with Crippen LogP contribution in [0.1, 0.15) is 39.9 Å². The van der Waals surface area contributed by atoms with Crippen LogP contribution in [0.5, 0.6) is 0 Å². The van der Waals surface area contributed by atoms with E-state index in [0.717, 1.165) is 17.5 Å². The van der Waals surface area contributed by atoms with Crippen molar-refractivity contribution < 1.29 is 19.1 Å². The summed E-state index contributed by atoms with van der Waals surface area (Å²) in [4.78, 5) is 37.9. The van der Waals surface area contributed by atoms with Crippen LogP contribution in [-0.4, -0.2) is 30.8 Å². The number of amides is 1. The number of anilines is 1. The molecule has 1 aliphatic heterocycles. The molecule has 0 aliphatic carbocycles. The van der Waals surface area contributed by atoms with Crippen molar-refractivity contribution >= 4 is 23.3 Å². The number of rotatable bonds is 6. The first kappa shape index (κ1) is 18.8. The number of ether oxygens (including phenoxy) is 1. The summed E-state index contributed by atoms with van der Waals surface area (Å²) < 4.78 is 5.15. The standard InChI is InChI=1S/C22H23NO4/c1-15-8-9-17(11-16(15)2)12-22(26)27-14-20(24)18-5-3-6-19(13-18)23-10-4-7-21(23)25/h3,5-6,8-9,11,13H,4,7,10,12,14H2,1-2H3. The molecule has 0 spiro atoms.